The first-order valence-corrected chi connectivity index (χ1v) is 10.00. The van der Waals surface area contributed by atoms with Crippen molar-refractivity contribution in [2.75, 3.05) is 0 Å². The highest BCUT2D eigenvalue weighted by atomic mass is 35.5. The van der Waals surface area contributed by atoms with Gasteiger partial charge in [0.05, 0.1) is 5.52 Å². The number of amides is 2. The summed E-state index contributed by atoms with van der Waals surface area (Å²) in [5.41, 5.74) is 6.50. The van der Waals surface area contributed by atoms with Gasteiger partial charge in [0, 0.05) is 28.8 Å². The van der Waals surface area contributed by atoms with Crippen molar-refractivity contribution in [2.24, 2.45) is 0 Å². The minimum absolute atomic E-state index is 0.185. The van der Waals surface area contributed by atoms with Crippen molar-refractivity contribution in [2.45, 2.75) is 19.3 Å². The van der Waals surface area contributed by atoms with Crippen LogP contribution in [0.1, 0.15) is 29.2 Å². The van der Waals surface area contributed by atoms with Crippen LogP contribution in [0, 0.1) is 0 Å². The van der Waals surface area contributed by atoms with Crippen molar-refractivity contribution in [1.29, 1.82) is 0 Å². The molecule has 2 amide bonds. The van der Waals surface area contributed by atoms with Gasteiger partial charge in [-0.25, -0.2) is 4.98 Å². The summed E-state index contributed by atoms with van der Waals surface area (Å²) in [5, 5.41) is 5.50. The van der Waals surface area contributed by atoms with Crippen LogP contribution in [0.5, 0.6) is 0 Å². The van der Waals surface area contributed by atoms with Gasteiger partial charge in [0.25, 0.3) is 5.91 Å². The molecule has 0 spiro atoms. The van der Waals surface area contributed by atoms with Crippen LogP contribution in [0.25, 0.3) is 22.3 Å². The number of rotatable bonds is 6. The molecule has 4 aromatic rings. The van der Waals surface area contributed by atoms with Gasteiger partial charge in [-0.15, -0.1) is 0 Å². The van der Waals surface area contributed by atoms with Crippen LogP contribution >= 0.6 is 11.6 Å². The first-order chi connectivity index (χ1) is 15.1. The predicted octanol–water partition coefficient (Wildman–Crippen LogP) is 3.72. The third-order valence-corrected chi connectivity index (χ3v) is 4.76. The second-order valence-corrected chi connectivity index (χ2v) is 7.20. The molecule has 8 nitrogen and oxygen atoms in total. The minimum Gasteiger partial charge on any atom is -0.339 e. The molecule has 156 valence electrons. The molecule has 0 radical (unpaired) electrons. The van der Waals surface area contributed by atoms with Crippen LogP contribution in [0.4, 0.5) is 0 Å². The number of benzene rings is 2. The van der Waals surface area contributed by atoms with Crippen molar-refractivity contribution in [3.63, 3.8) is 0 Å². The summed E-state index contributed by atoms with van der Waals surface area (Å²) in [6.07, 6.45) is 1.11. The molecule has 0 aliphatic rings. The molecule has 2 heterocycles. The zero-order valence-corrected chi connectivity index (χ0v) is 17.1. The van der Waals surface area contributed by atoms with E-state index < -0.39 is 5.91 Å². The summed E-state index contributed by atoms with van der Waals surface area (Å²) in [4.78, 5) is 32.8. The largest absolute Gasteiger partial charge is 0.339 e. The van der Waals surface area contributed by atoms with Crippen molar-refractivity contribution in [1.82, 2.24) is 26.0 Å². The Hall–Kier alpha value is -3.78. The Morgan fingerprint density at radius 3 is 2.58 bits per heavy atom. The molecule has 0 saturated carbocycles. The molecule has 31 heavy (non-hydrogen) atoms. The quantitative estimate of drug-likeness (QED) is 0.446. The van der Waals surface area contributed by atoms with E-state index in [0.29, 0.717) is 35.1 Å². The Kier molecular flexibility index (Phi) is 6.18. The molecule has 0 saturated heterocycles. The Morgan fingerprint density at radius 2 is 1.74 bits per heavy atom. The number of para-hydroxylation sites is 1. The number of nitrogens with zero attached hydrogens (tertiary/aromatic N) is 3. The fourth-order valence-electron chi connectivity index (χ4n) is 2.92. The van der Waals surface area contributed by atoms with Gasteiger partial charge in [-0.3, -0.25) is 20.4 Å². The van der Waals surface area contributed by atoms with Gasteiger partial charge in [-0.2, -0.15) is 4.98 Å². The van der Waals surface area contributed by atoms with Crippen LogP contribution in [0.15, 0.2) is 65.2 Å². The number of nitrogens with one attached hydrogen (secondary N) is 2. The SMILES string of the molecule is O=C(CCCc1nc(-c2ccc(Cl)cc2)no1)NNC(=O)c1ccc2ccccc2n1. The minimum atomic E-state index is -0.483. The zero-order chi connectivity index (χ0) is 21.6. The lowest BCUT2D eigenvalue weighted by molar-refractivity contribution is -0.121. The topological polar surface area (TPSA) is 110 Å². The highest BCUT2D eigenvalue weighted by Crippen LogP contribution is 2.19. The van der Waals surface area contributed by atoms with Gasteiger partial charge >= 0.3 is 0 Å². The van der Waals surface area contributed by atoms with Crippen LogP contribution in [0.2, 0.25) is 5.02 Å². The van der Waals surface area contributed by atoms with Crippen molar-refractivity contribution in [3.05, 3.63) is 77.3 Å². The van der Waals surface area contributed by atoms with E-state index in [0.717, 1.165) is 10.9 Å². The smallest absolute Gasteiger partial charge is 0.288 e. The lowest BCUT2D eigenvalue weighted by Crippen LogP contribution is -2.41. The van der Waals surface area contributed by atoms with E-state index in [1.165, 1.54) is 0 Å². The molecule has 0 aliphatic carbocycles. The zero-order valence-electron chi connectivity index (χ0n) is 16.3. The molecule has 0 fully saturated rings. The lowest BCUT2D eigenvalue weighted by atomic mass is 10.2. The summed E-state index contributed by atoms with van der Waals surface area (Å²) in [5.74, 6) is 0.0867. The number of carbonyl (C=O) groups is 2. The summed E-state index contributed by atoms with van der Waals surface area (Å²) >= 11 is 5.87. The maximum atomic E-state index is 12.2. The normalized spacial score (nSPS) is 10.7. The Bertz CT molecular complexity index is 1220. The second kappa shape index (κ2) is 9.36. The summed E-state index contributed by atoms with van der Waals surface area (Å²) in [6, 6.07) is 18.0. The third kappa shape index (κ3) is 5.23. The van der Waals surface area contributed by atoms with E-state index in [4.69, 9.17) is 16.1 Å². The predicted molar refractivity (Wildman–Crippen MR) is 115 cm³/mol. The standard InChI is InChI=1S/C22H18ClN5O3/c23-16-11-8-15(9-12-16)21-25-20(31-28-21)7-3-6-19(29)26-27-22(30)18-13-10-14-4-1-2-5-17(14)24-18/h1-2,4-5,8-13H,3,6-7H2,(H,26,29)(H,27,30). The maximum Gasteiger partial charge on any atom is 0.288 e. The third-order valence-electron chi connectivity index (χ3n) is 4.51. The van der Waals surface area contributed by atoms with E-state index in [1.54, 1.807) is 30.3 Å². The van der Waals surface area contributed by atoms with Crippen molar-refractivity contribution in [3.8, 4) is 11.4 Å². The Labute approximate surface area is 182 Å². The second-order valence-electron chi connectivity index (χ2n) is 6.76. The van der Waals surface area contributed by atoms with E-state index in [-0.39, 0.29) is 18.0 Å². The molecule has 2 aromatic heterocycles. The Morgan fingerprint density at radius 1 is 0.935 bits per heavy atom. The van der Waals surface area contributed by atoms with E-state index in [2.05, 4.69) is 26.0 Å². The highest BCUT2D eigenvalue weighted by molar-refractivity contribution is 6.30. The molecule has 2 N–H and O–H groups in total. The van der Waals surface area contributed by atoms with Gasteiger partial charge in [0.1, 0.15) is 5.69 Å². The number of aryl methyl sites for hydroxylation is 1. The summed E-state index contributed by atoms with van der Waals surface area (Å²) in [7, 11) is 0. The molecule has 9 heteroatoms. The number of halogens is 1. The number of carbonyl (C=O) groups excluding carboxylic acids is 2. The number of hydrogen-bond acceptors (Lipinski definition) is 6. The molecule has 0 unspecified atom stereocenters. The first-order valence-electron chi connectivity index (χ1n) is 9.62. The van der Waals surface area contributed by atoms with E-state index >= 15 is 0 Å². The van der Waals surface area contributed by atoms with Crippen LogP contribution in [-0.4, -0.2) is 26.9 Å². The lowest BCUT2D eigenvalue weighted by Gasteiger charge is -2.07. The monoisotopic (exact) mass is 435 g/mol. The fourth-order valence-corrected chi connectivity index (χ4v) is 3.04. The maximum absolute atomic E-state index is 12.2. The molecular formula is C22H18ClN5O3. The molecule has 0 aliphatic heterocycles. The van der Waals surface area contributed by atoms with Crippen LogP contribution in [0.3, 0.4) is 0 Å². The molecular weight excluding hydrogens is 418 g/mol. The van der Waals surface area contributed by atoms with E-state index in [9.17, 15) is 9.59 Å². The van der Waals surface area contributed by atoms with E-state index in [1.807, 2.05) is 30.3 Å². The number of hydrogen-bond donors (Lipinski definition) is 2. The summed E-state index contributed by atoms with van der Waals surface area (Å²) in [6.45, 7) is 0. The first kappa shape index (κ1) is 20.5. The van der Waals surface area contributed by atoms with Crippen molar-refractivity contribution >= 4 is 34.3 Å². The summed E-state index contributed by atoms with van der Waals surface area (Å²) < 4.78 is 5.22. The number of pyridine rings is 1. The van der Waals surface area contributed by atoms with Gasteiger partial charge < -0.3 is 4.52 Å². The van der Waals surface area contributed by atoms with Gasteiger partial charge in [-0.05, 0) is 42.8 Å². The van der Waals surface area contributed by atoms with Crippen molar-refractivity contribution < 1.29 is 14.1 Å². The molecule has 0 bridgehead atoms. The fraction of sp³-hybridized carbons (Fsp3) is 0.136. The van der Waals surface area contributed by atoms with Gasteiger partial charge in [-0.1, -0.05) is 41.0 Å². The Balaban J connectivity index is 1.23. The average molecular weight is 436 g/mol. The average Bonchev–Trinajstić information content (AvgIpc) is 3.26. The molecule has 4 rings (SSSR count). The van der Waals surface area contributed by atoms with Crippen LogP contribution < -0.4 is 10.9 Å². The molecule has 2 aromatic carbocycles. The highest BCUT2D eigenvalue weighted by Gasteiger charge is 2.12. The number of hydrazine groups is 1. The number of fused-ring (bicyclic) bond motifs is 1. The van der Waals surface area contributed by atoms with Gasteiger partial charge in [0.15, 0.2) is 0 Å². The van der Waals surface area contributed by atoms with Gasteiger partial charge in [0.2, 0.25) is 17.6 Å². The molecule has 0 atom stereocenters. The van der Waals surface area contributed by atoms with Crippen LogP contribution in [-0.2, 0) is 11.2 Å². The number of aromatic nitrogens is 3.